The van der Waals surface area contributed by atoms with E-state index in [2.05, 4.69) is 0 Å². The smallest absolute Gasteiger partial charge is 0.345 e. The van der Waals surface area contributed by atoms with Crippen LogP contribution in [0.2, 0.25) is 0 Å². The van der Waals surface area contributed by atoms with E-state index in [4.69, 9.17) is 18.9 Å². The zero-order chi connectivity index (χ0) is 38.0. The number of rotatable bonds is 6. The van der Waals surface area contributed by atoms with Crippen LogP contribution in [-0.2, 0) is 52.5 Å². The summed E-state index contributed by atoms with van der Waals surface area (Å²) in [6, 6.07) is 3.66. The number of hydrogen-bond acceptors (Lipinski definition) is 14. The Morgan fingerprint density at radius 1 is 0.750 bits per heavy atom. The normalized spacial score (nSPS) is 23.0. The molecule has 276 valence electrons. The average Bonchev–Trinajstić information content (AvgIpc) is 3.63. The molecule has 1 spiro atoms. The molecule has 4 aliphatic heterocycles. The maximum atomic E-state index is 14.7. The van der Waals surface area contributed by atoms with Crippen LogP contribution in [-0.4, -0.2) is 91.1 Å². The second-order valence-corrected chi connectivity index (χ2v) is 17.2. The van der Waals surface area contributed by atoms with Crippen LogP contribution in [0.4, 0.5) is 5.69 Å². The molecule has 5 aliphatic rings. The minimum Gasteiger partial charge on any atom is -0.466 e. The SMILES string of the molecule is COC(=O)C1=C(C(=O)OC)SC2(S1)C(C(=O)OC)=C(C(=O)OC)SC1=C2c2cc(C)c(C)cc2N(C(=O)CN2C(=O)C3CCCCC3C2=O)C1(C)C. The number of fused-ring (bicyclic) bond motifs is 4. The minimum absolute atomic E-state index is 0.155. The molecule has 0 bridgehead atoms. The highest BCUT2D eigenvalue weighted by molar-refractivity contribution is 8.26. The zero-order valence-corrected chi connectivity index (χ0v) is 32.4. The fourth-order valence-electron chi connectivity index (χ4n) is 7.61. The van der Waals surface area contributed by atoms with E-state index in [9.17, 15) is 33.6 Å². The van der Waals surface area contributed by atoms with Crippen molar-refractivity contribution in [3.63, 3.8) is 0 Å². The Hall–Kier alpha value is -4.02. The lowest BCUT2D eigenvalue weighted by molar-refractivity contribution is -0.143. The third-order valence-electron chi connectivity index (χ3n) is 10.2. The summed E-state index contributed by atoms with van der Waals surface area (Å²) in [6.07, 6.45) is 2.88. The second kappa shape index (κ2) is 13.8. The van der Waals surface area contributed by atoms with Crippen molar-refractivity contribution in [1.82, 2.24) is 4.90 Å². The van der Waals surface area contributed by atoms with Crippen LogP contribution < -0.4 is 4.90 Å². The highest BCUT2D eigenvalue weighted by atomic mass is 32.2. The summed E-state index contributed by atoms with van der Waals surface area (Å²) in [6.45, 7) is 6.77. The Kier molecular flexibility index (Phi) is 9.98. The van der Waals surface area contributed by atoms with E-state index in [1.54, 1.807) is 13.8 Å². The van der Waals surface area contributed by atoms with Gasteiger partial charge in [0, 0.05) is 16.0 Å². The van der Waals surface area contributed by atoms with Crippen LogP contribution >= 0.6 is 35.3 Å². The number of benzene rings is 1. The van der Waals surface area contributed by atoms with Gasteiger partial charge in [-0.15, -0.1) is 0 Å². The number of imide groups is 1. The van der Waals surface area contributed by atoms with Gasteiger partial charge in [0.1, 0.15) is 25.3 Å². The summed E-state index contributed by atoms with van der Waals surface area (Å²) >= 11 is 2.59. The second-order valence-electron chi connectivity index (χ2n) is 13.5. The van der Waals surface area contributed by atoms with Crippen molar-refractivity contribution in [3.05, 3.63) is 54.0 Å². The molecule has 1 saturated heterocycles. The Morgan fingerprint density at radius 2 is 1.23 bits per heavy atom. The summed E-state index contributed by atoms with van der Waals surface area (Å²) < 4.78 is 18.8. The number of nitrogens with zero attached hydrogens (tertiary/aromatic N) is 2. The van der Waals surface area contributed by atoms with Crippen molar-refractivity contribution in [2.75, 3.05) is 39.9 Å². The molecular weight excluding hydrogens is 733 g/mol. The van der Waals surface area contributed by atoms with Gasteiger partial charge in [0.2, 0.25) is 17.7 Å². The predicted octanol–water partition coefficient (Wildman–Crippen LogP) is 4.40. The quantitative estimate of drug-likeness (QED) is 0.227. The van der Waals surface area contributed by atoms with Crippen molar-refractivity contribution < 1.29 is 52.5 Å². The average molecular weight is 771 g/mol. The van der Waals surface area contributed by atoms with Gasteiger partial charge in [0.05, 0.1) is 57.1 Å². The van der Waals surface area contributed by atoms with Gasteiger partial charge in [-0.25, -0.2) is 19.2 Å². The van der Waals surface area contributed by atoms with Crippen LogP contribution in [0.25, 0.3) is 5.57 Å². The molecule has 1 aliphatic carbocycles. The maximum absolute atomic E-state index is 14.7. The molecule has 4 heterocycles. The van der Waals surface area contributed by atoms with E-state index in [0.29, 0.717) is 34.6 Å². The number of esters is 4. The van der Waals surface area contributed by atoms with Gasteiger partial charge >= 0.3 is 23.9 Å². The molecule has 52 heavy (non-hydrogen) atoms. The fourth-order valence-corrected chi connectivity index (χ4v) is 12.7. The topological polar surface area (TPSA) is 163 Å². The number of carbonyl (C=O) groups is 7. The Bertz CT molecular complexity index is 1910. The molecule has 6 rings (SSSR count). The first-order valence-electron chi connectivity index (χ1n) is 16.5. The monoisotopic (exact) mass is 770 g/mol. The number of ether oxygens (including phenoxy) is 4. The summed E-state index contributed by atoms with van der Waals surface area (Å²) in [5.74, 6) is -5.65. The third kappa shape index (κ3) is 5.59. The van der Waals surface area contributed by atoms with Gasteiger partial charge in [0.25, 0.3) is 0 Å². The fraction of sp³-hybridized carbons (Fsp3) is 0.472. The maximum Gasteiger partial charge on any atom is 0.345 e. The molecule has 3 amide bonds. The van der Waals surface area contributed by atoms with E-state index >= 15 is 0 Å². The van der Waals surface area contributed by atoms with Gasteiger partial charge in [-0.2, -0.15) is 0 Å². The molecule has 2 unspecified atom stereocenters. The van der Waals surface area contributed by atoms with Crippen molar-refractivity contribution in [2.24, 2.45) is 11.8 Å². The van der Waals surface area contributed by atoms with Crippen molar-refractivity contribution in [3.8, 4) is 0 Å². The van der Waals surface area contributed by atoms with Crippen LogP contribution in [0.5, 0.6) is 0 Å². The van der Waals surface area contributed by atoms with E-state index < -0.39 is 57.8 Å². The number of anilines is 1. The molecule has 16 heteroatoms. The molecule has 0 N–H and O–H groups in total. The lowest BCUT2D eigenvalue weighted by atomic mass is 9.81. The Balaban J connectivity index is 1.60. The molecule has 2 atom stereocenters. The van der Waals surface area contributed by atoms with Crippen LogP contribution in [0.15, 0.2) is 37.3 Å². The summed E-state index contributed by atoms with van der Waals surface area (Å²) in [5.41, 5.74) is 1.46. The predicted molar refractivity (Wildman–Crippen MR) is 194 cm³/mol. The number of carbonyl (C=O) groups excluding carboxylic acids is 7. The number of thioether (sulfide) groups is 3. The van der Waals surface area contributed by atoms with Crippen LogP contribution in [0.1, 0.15) is 56.2 Å². The highest BCUT2D eigenvalue weighted by Crippen LogP contribution is 2.71. The van der Waals surface area contributed by atoms with E-state index in [0.717, 1.165) is 92.6 Å². The first-order valence-corrected chi connectivity index (χ1v) is 19.0. The Morgan fingerprint density at radius 3 is 1.73 bits per heavy atom. The van der Waals surface area contributed by atoms with Crippen molar-refractivity contribution >= 4 is 88.1 Å². The summed E-state index contributed by atoms with van der Waals surface area (Å²) in [7, 11) is 4.60. The number of aryl methyl sites for hydroxylation is 2. The molecule has 1 saturated carbocycles. The standard InChI is InChI=1S/C36H38N2O11S3/c1-16-13-20-21(14-17(16)2)38(22(39)15-37-29(40)18-11-9-10-12-19(18)30(37)41)35(3,4)28-23(20)36(24(31(42)46-5)25(50-28)32(43)47-6)51-26(33(44)48-7)27(52-36)34(45)49-8/h13-14,18-19H,9-12,15H2,1-8H3. The molecular formula is C36H38N2O11S3. The largest absolute Gasteiger partial charge is 0.466 e. The minimum atomic E-state index is -1.73. The molecule has 0 radical (unpaired) electrons. The van der Waals surface area contributed by atoms with E-state index in [1.165, 1.54) is 4.90 Å². The molecule has 1 aromatic rings. The first-order chi connectivity index (χ1) is 24.6. The lowest BCUT2D eigenvalue weighted by Crippen LogP contribution is -2.56. The number of hydrogen-bond donors (Lipinski definition) is 0. The third-order valence-corrected chi connectivity index (χ3v) is 14.9. The van der Waals surface area contributed by atoms with Crippen molar-refractivity contribution in [2.45, 2.75) is 63.0 Å². The van der Waals surface area contributed by atoms with E-state index in [1.807, 2.05) is 26.0 Å². The first kappa shape index (κ1) is 37.7. The van der Waals surface area contributed by atoms with Gasteiger partial charge in [-0.1, -0.05) is 48.1 Å². The number of methoxy groups -OCH3 is 4. The molecule has 1 aromatic carbocycles. The van der Waals surface area contributed by atoms with Gasteiger partial charge in [-0.05, 0) is 63.8 Å². The lowest BCUT2D eigenvalue weighted by Gasteiger charge is -2.51. The van der Waals surface area contributed by atoms with Gasteiger partial charge < -0.3 is 23.8 Å². The van der Waals surface area contributed by atoms with Crippen LogP contribution in [0.3, 0.4) is 0 Å². The zero-order valence-electron chi connectivity index (χ0n) is 30.0. The highest BCUT2D eigenvalue weighted by Gasteiger charge is 2.62. The summed E-state index contributed by atoms with van der Waals surface area (Å²) in [5, 5.41) is 0. The van der Waals surface area contributed by atoms with Crippen LogP contribution in [0, 0.1) is 25.7 Å². The molecule has 2 fully saturated rings. The summed E-state index contributed by atoms with van der Waals surface area (Å²) in [4.78, 5) is 98.4. The molecule has 13 nitrogen and oxygen atoms in total. The van der Waals surface area contributed by atoms with Gasteiger partial charge in [0.15, 0.2) is 0 Å². The van der Waals surface area contributed by atoms with Gasteiger partial charge in [-0.3, -0.25) is 19.3 Å². The number of likely N-dealkylation sites (tertiary alicyclic amines) is 1. The number of amides is 3. The molecule has 0 aromatic heterocycles. The Labute approximate surface area is 313 Å². The van der Waals surface area contributed by atoms with Crippen molar-refractivity contribution in [1.29, 1.82) is 0 Å². The van der Waals surface area contributed by atoms with E-state index in [-0.39, 0.29) is 32.1 Å².